The van der Waals surface area contributed by atoms with Gasteiger partial charge in [0.05, 0.1) is 12.2 Å². The maximum Gasteiger partial charge on any atom is 0.266 e. The highest BCUT2D eigenvalue weighted by Crippen LogP contribution is 2.32. The molecule has 1 aliphatic rings. The maximum absolute atomic E-state index is 12.1. The van der Waals surface area contributed by atoms with E-state index in [1.54, 1.807) is 36.4 Å². The van der Waals surface area contributed by atoms with Crippen LogP contribution in [0.1, 0.15) is 5.56 Å². The van der Waals surface area contributed by atoms with Crippen LogP contribution in [0.2, 0.25) is 5.02 Å². The van der Waals surface area contributed by atoms with Gasteiger partial charge < -0.3 is 14.8 Å². The van der Waals surface area contributed by atoms with Gasteiger partial charge in [-0.3, -0.25) is 9.59 Å². The number of nitrogens with zero attached hydrogens (tertiary/aromatic N) is 2. The zero-order valence-electron chi connectivity index (χ0n) is 15.9. The van der Waals surface area contributed by atoms with Gasteiger partial charge in [0, 0.05) is 29.3 Å². The lowest BCUT2D eigenvalue weighted by atomic mass is 10.1. The lowest BCUT2D eigenvalue weighted by Crippen LogP contribution is -2.31. The van der Waals surface area contributed by atoms with Gasteiger partial charge in [0.2, 0.25) is 12.7 Å². The number of carbonyl (C=O) groups is 1. The van der Waals surface area contributed by atoms with E-state index in [9.17, 15) is 9.59 Å². The second-order valence-electron chi connectivity index (χ2n) is 6.52. The Hall–Kier alpha value is -3.58. The molecular formula is C22H18ClN3O4. The summed E-state index contributed by atoms with van der Waals surface area (Å²) in [5.74, 6) is 1.08. The Kier molecular flexibility index (Phi) is 5.81. The normalized spacial score (nSPS) is 12.3. The van der Waals surface area contributed by atoms with Gasteiger partial charge in [-0.2, -0.15) is 5.10 Å². The van der Waals surface area contributed by atoms with E-state index in [0.717, 1.165) is 11.1 Å². The van der Waals surface area contributed by atoms with Gasteiger partial charge in [-0.25, -0.2) is 4.68 Å². The lowest BCUT2D eigenvalue weighted by molar-refractivity contribution is -0.116. The Bertz CT molecular complexity index is 1160. The number of fused-ring (bicyclic) bond motifs is 1. The molecule has 0 spiro atoms. The third-order valence-corrected chi connectivity index (χ3v) is 4.71. The van der Waals surface area contributed by atoms with Crippen molar-refractivity contribution in [3.05, 3.63) is 81.6 Å². The molecule has 1 amide bonds. The quantitative estimate of drug-likeness (QED) is 0.616. The van der Waals surface area contributed by atoms with E-state index in [1.807, 2.05) is 18.2 Å². The number of benzene rings is 2. The van der Waals surface area contributed by atoms with E-state index in [-0.39, 0.29) is 31.3 Å². The predicted molar refractivity (Wildman–Crippen MR) is 114 cm³/mol. The highest BCUT2D eigenvalue weighted by atomic mass is 35.5. The first kappa shape index (κ1) is 19.7. The number of carbonyl (C=O) groups excluding carboxylic acids is 1. The molecule has 4 rings (SSSR count). The van der Waals surface area contributed by atoms with Crippen LogP contribution in [0.3, 0.4) is 0 Å². The summed E-state index contributed by atoms with van der Waals surface area (Å²) in [6.45, 7) is 0.723. The van der Waals surface area contributed by atoms with Crippen molar-refractivity contribution in [3.8, 4) is 22.8 Å². The third kappa shape index (κ3) is 4.69. The topological polar surface area (TPSA) is 82.4 Å². The van der Waals surface area contributed by atoms with Crippen molar-refractivity contribution in [1.82, 2.24) is 15.1 Å². The van der Waals surface area contributed by atoms with Gasteiger partial charge in [-0.05, 0) is 42.0 Å². The molecule has 0 fully saturated rings. The number of ether oxygens (including phenoxy) is 2. The number of hydrogen-bond acceptors (Lipinski definition) is 5. The fraction of sp³-hybridized carbons (Fsp3) is 0.136. The fourth-order valence-corrected chi connectivity index (χ4v) is 3.04. The van der Waals surface area contributed by atoms with E-state index in [1.165, 1.54) is 16.8 Å². The number of rotatable bonds is 6. The molecule has 0 saturated heterocycles. The Morgan fingerprint density at radius 2 is 1.90 bits per heavy atom. The molecule has 0 bridgehead atoms. The molecular weight excluding hydrogens is 406 g/mol. The molecule has 0 aliphatic carbocycles. The van der Waals surface area contributed by atoms with Crippen LogP contribution < -0.4 is 20.3 Å². The summed E-state index contributed by atoms with van der Waals surface area (Å²) in [5.41, 5.74) is 2.09. The van der Waals surface area contributed by atoms with Gasteiger partial charge in [0.15, 0.2) is 11.5 Å². The zero-order valence-corrected chi connectivity index (χ0v) is 16.6. The van der Waals surface area contributed by atoms with Crippen molar-refractivity contribution in [2.24, 2.45) is 0 Å². The standard InChI is InChI=1S/C22H18ClN3O4/c23-17-5-3-16(4-6-17)18-7-10-22(28)26(25-18)12-11-24-21(27)9-2-15-1-8-19-20(13-15)30-14-29-19/h1-10,13H,11-12,14H2,(H,24,27)/b9-2+. The van der Waals surface area contributed by atoms with E-state index in [4.69, 9.17) is 21.1 Å². The molecule has 152 valence electrons. The summed E-state index contributed by atoms with van der Waals surface area (Å²) in [6.07, 6.45) is 3.11. The second-order valence-corrected chi connectivity index (χ2v) is 6.96. The minimum Gasteiger partial charge on any atom is -0.454 e. The number of hydrogen-bond donors (Lipinski definition) is 1. The first-order valence-corrected chi connectivity index (χ1v) is 9.66. The third-order valence-electron chi connectivity index (χ3n) is 4.45. The first-order valence-electron chi connectivity index (χ1n) is 9.28. The van der Waals surface area contributed by atoms with Crippen LogP contribution in [0.15, 0.2) is 65.5 Å². The van der Waals surface area contributed by atoms with Gasteiger partial charge in [0.1, 0.15) is 0 Å². The van der Waals surface area contributed by atoms with Crippen LogP contribution in [0.5, 0.6) is 11.5 Å². The summed E-state index contributed by atoms with van der Waals surface area (Å²) in [7, 11) is 0. The molecule has 7 nitrogen and oxygen atoms in total. The smallest absolute Gasteiger partial charge is 0.266 e. The molecule has 2 heterocycles. The summed E-state index contributed by atoms with van der Waals surface area (Å²) < 4.78 is 11.9. The Labute approximate surface area is 177 Å². The lowest BCUT2D eigenvalue weighted by Gasteiger charge is -2.08. The molecule has 2 aromatic carbocycles. The molecule has 0 radical (unpaired) electrons. The molecule has 0 saturated carbocycles. The molecule has 8 heteroatoms. The minimum absolute atomic E-state index is 0.204. The van der Waals surface area contributed by atoms with E-state index >= 15 is 0 Å². The number of halogens is 1. The van der Waals surface area contributed by atoms with Crippen molar-refractivity contribution in [3.63, 3.8) is 0 Å². The van der Waals surface area contributed by atoms with Gasteiger partial charge in [0.25, 0.3) is 5.56 Å². The van der Waals surface area contributed by atoms with E-state index in [0.29, 0.717) is 22.2 Å². The Morgan fingerprint density at radius 1 is 1.10 bits per heavy atom. The van der Waals surface area contributed by atoms with Crippen LogP contribution in [-0.4, -0.2) is 29.0 Å². The number of aromatic nitrogens is 2. The first-order chi connectivity index (χ1) is 14.6. The SMILES string of the molecule is O=C(/C=C/c1ccc2c(c1)OCO2)NCCn1nc(-c2ccc(Cl)cc2)ccc1=O. The van der Waals surface area contributed by atoms with Crippen LogP contribution in [-0.2, 0) is 11.3 Å². The molecule has 3 aromatic rings. The Balaban J connectivity index is 1.34. The fourth-order valence-electron chi connectivity index (χ4n) is 2.92. The van der Waals surface area contributed by atoms with Crippen molar-refractivity contribution in [1.29, 1.82) is 0 Å². The number of amides is 1. The molecule has 30 heavy (non-hydrogen) atoms. The van der Waals surface area contributed by atoms with E-state index in [2.05, 4.69) is 10.4 Å². The summed E-state index contributed by atoms with van der Waals surface area (Å²) in [5, 5.41) is 7.74. The van der Waals surface area contributed by atoms with E-state index < -0.39 is 0 Å². The summed E-state index contributed by atoms with van der Waals surface area (Å²) >= 11 is 5.91. The minimum atomic E-state index is -0.269. The highest BCUT2D eigenvalue weighted by Gasteiger charge is 2.12. The summed E-state index contributed by atoms with van der Waals surface area (Å²) in [4.78, 5) is 24.1. The molecule has 1 aromatic heterocycles. The average Bonchev–Trinajstić information content (AvgIpc) is 3.22. The monoisotopic (exact) mass is 423 g/mol. The average molecular weight is 424 g/mol. The molecule has 1 aliphatic heterocycles. The molecule has 0 atom stereocenters. The van der Waals surface area contributed by atoms with Gasteiger partial charge in [-0.1, -0.05) is 29.8 Å². The van der Waals surface area contributed by atoms with Crippen LogP contribution >= 0.6 is 11.6 Å². The number of nitrogens with one attached hydrogen (secondary N) is 1. The maximum atomic E-state index is 12.1. The van der Waals surface area contributed by atoms with Crippen molar-refractivity contribution >= 4 is 23.6 Å². The second kappa shape index (κ2) is 8.84. The van der Waals surface area contributed by atoms with Crippen molar-refractivity contribution < 1.29 is 14.3 Å². The van der Waals surface area contributed by atoms with Crippen LogP contribution in [0.4, 0.5) is 0 Å². The largest absolute Gasteiger partial charge is 0.454 e. The van der Waals surface area contributed by atoms with Crippen molar-refractivity contribution in [2.45, 2.75) is 6.54 Å². The zero-order chi connectivity index (χ0) is 20.9. The molecule has 1 N–H and O–H groups in total. The molecule has 0 unspecified atom stereocenters. The van der Waals surface area contributed by atoms with Crippen molar-refractivity contribution in [2.75, 3.05) is 13.3 Å². The Morgan fingerprint density at radius 3 is 2.73 bits per heavy atom. The van der Waals surface area contributed by atoms with Crippen LogP contribution in [0, 0.1) is 0 Å². The van der Waals surface area contributed by atoms with Gasteiger partial charge in [-0.15, -0.1) is 0 Å². The summed E-state index contributed by atoms with van der Waals surface area (Å²) in [6, 6.07) is 15.8. The highest BCUT2D eigenvalue weighted by molar-refractivity contribution is 6.30. The van der Waals surface area contributed by atoms with Crippen LogP contribution in [0.25, 0.3) is 17.3 Å². The van der Waals surface area contributed by atoms with Gasteiger partial charge >= 0.3 is 0 Å². The predicted octanol–water partition coefficient (Wildman–Crippen LogP) is 3.12.